The molecule has 0 radical (unpaired) electrons. The van der Waals surface area contributed by atoms with Gasteiger partial charge in [-0.3, -0.25) is 10.1 Å². The van der Waals surface area contributed by atoms with E-state index in [1.807, 2.05) is 61.5 Å². The lowest BCUT2D eigenvalue weighted by Gasteiger charge is -2.05. The normalized spacial score (nSPS) is 11.1. The lowest BCUT2D eigenvalue weighted by atomic mass is 10.1. The fourth-order valence-corrected chi connectivity index (χ4v) is 4.23. The average molecular weight is 414 g/mol. The number of anilines is 1. The summed E-state index contributed by atoms with van der Waals surface area (Å²) >= 11 is 1.44. The number of nitrogens with one attached hydrogen (secondary N) is 1. The number of para-hydroxylation sites is 1. The molecule has 0 aliphatic heterocycles. The van der Waals surface area contributed by atoms with E-state index in [9.17, 15) is 4.79 Å². The number of hydrogen-bond acceptors (Lipinski definition) is 5. The predicted molar refractivity (Wildman–Crippen MR) is 119 cm³/mol. The van der Waals surface area contributed by atoms with Crippen LogP contribution in [0.2, 0.25) is 0 Å². The molecule has 0 saturated heterocycles. The maximum atomic E-state index is 12.5. The molecule has 0 unspecified atom stereocenters. The van der Waals surface area contributed by atoms with E-state index >= 15 is 0 Å². The molecule has 148 valence electrons. The highest BCUT2D eigenvalue weighted by atomic mass is 32.1. The van der Waals surface area contributed by atoms with Crippen molar-refractivity contribution in [2.75, 3.05) is 5.32 Å². The van der Waals surface area contributed by atoms with Crippen molar-refractivity contribution in [3.63, 3.8) is 0 Å². The van der Waals surface area contributed by atoms with E-state index in [1.54, 1.807) is 12.1 Å². The van der Waals surface area contributed by atoms with Crippen LogP contribution in [0.4, 0.5) is 5.13 Å². The van der Waals surface area contributed by atoms with Crippen molar-refractivity contribution in [2.24, 2.45) is 0 Å². The zero-order valence-corrected chi connectivity index (χ0v) is 17.0. The standard InChI is InChI=1S/C24H18N2O3S/c1-15-5-4-8-21-22(15)25-24(30-21)26-23(27)20-12-11-19(29-20)14-28-18-10-9-16-6-2-3-7-17(16)13-18/h2-13H,14H2,1H3,(H,25,26,27). The van der Waals surface area contributed by atoms with Crippen LogP contribution < -0.4 is 10.1 Å². The zero-order chi connectivity index (χ0) is 20.5. The summed E-state index contributed by atoms with van der Waals surface area (Å²) in [5.41, 5.74) is 1.98. The summed E-state index contributed by atoms with van der Waals surface area (Å²) in [6.07, 6.45) is 0. The first-order chi connectivity index (χ1) is 14.7. The molecule has 30 heavy (non-hydrogen) atoms. The van der Waals surface area contributed by atoms with Gasteiger partial charge in [0.05, 0.1) is 10.2 Å². The van der Waals surface area contributed by atoms with E-state index in [4.69, 9.17) is 9.15 Å². The summed E-state index contributed by atoms with van der Waals surface area (Å²) in [4.78, 5) is 17.0. The van der Waals surface area contributed by atoms with Gasteiger partial charge < -0.3 is 9.15 Å². The maximum absolute atomic E-state index is 12.5. The first-order valence-corrected chi connectivity index (χ1v) is 10.4. The molecule has 2 heterocycles. The molecule has 0 spiro atoms. The van der Waals surface area contributed by atoms with E-state index in [2.05, 4.69) is 16.4 Å². The van der Waals surface area contributed by atoms with Gasteiger partial charge in [-0.1, -0.05) is 53.8 Å². The molecular formula is C24H18N2O3S. The van der Waals surface area contributed by atoms with Gasteiger partial charge in [0.15, 0.2) is 10.9 Å². The van der Waals surface area contributed by atoms with Gasteiger partial charge in [0.2, 0.25) is 0 Å². The van der Waals surface area contributed by atoms with Crippen LogP contribution in [0.5, 0.6) is 5.75 Å². The van der Waals surface area contributed by atoms with Crippen LogP contribution in [0.3, 0.4) is 0 Å². The largest absolute Gasteiger partial charge is 0.486 e. The molecule has 6 heteroatoms. The van der Waals surface area contributed by atoms with Crippen molar-refractivity contribution >= 4 is 43.4 Å². The minimum atomic E-state index is -0.330. The van der Waals surface area contributed by atoms with Crippen LogP contribution in [0.1, 0.15) is 21.9 Å². The Hall–Kier alpha value is -3.64. The van der Waals surface area contributed by atoms with Crippen molar-refractivity contribution in [1.82, 2.24) is 4.98 Å². The van der Waals surface area contributed by atoms with Crippen LogP contribution in [-0.2, 0) is 6.61 Å². The summed E-state index contributed by atoms with van der Waals surface area (Å²) in [5, 5.41) is 5.64. The number of aromatic nitrogens is 1. The Balaban J connectivity index is 1.26. The Morgan fingerprint density at radius 3 is 2.77 bits per heavy atom. The number of hydrogen-bond donors (Lipinski definition) is 1. The van der Waals surface area contributed by atoms with Crippen LogP contribution in [-0.4, -0.2) is 10.9 Å². The zero-order valence-electron chi connectivity index (χ0n) is 16.2. The molecule has 0 aliphatic rings. The van der Waals surface area contributed by atoms with Gasteiger partial charge in [-0.05, 0) is 53.6 Å². The van der Waals surface area contributed by atoms with Gasteiger partial charge in [0, 0.05) is 0 Å². The second-order valence-corrected chi connectivity index (χ2v) is 7.99. The van der Waals surface area contributed by atoms with E-state index in [0.717, 1.165) is 32.3 Å². The number of ether oxygens (including phenoxy) is 1. The van der Waals surface area contributed by atoms with E-state index in [1.165, 1.54) is 11.3 Å². The average Bonchev–Trinajstić information content (AvgIpc) is 3.40. The third kappa shape index (κ3) is 3.65. The number of rotatable bonds is 5. The molecule has 0 aliphatic carbocycles. The number of carbonyl (C=O) groups excluding carboxylic acids is 1. The monoisotopic (exact) mass is 414 g/mol. The number of carbonyl (C=O) groups is 1. The van der Waals surface area contributed by atoms with Gasteiger partial charge in [0.1, 0.15) is 18.1 Å². The number of nitrogens with zero attached hydrogens (tertiary/aromatic N) is 1. The molecule has 2 aromatic heterocycles. The number of fused-ring (bicyclic) bond motifs is 2. The molecule has 5 nitrogen and oxygen atoms in total. The van der Waals surface area contributed by atoms with Crippen molar-refractivity contribution in [1.29, 1.82) is 0 Å². The molecule has 1 N–H and O–H groups in total. The predicted octanol–water partition coefficient (Wildman–Crippen LogP) is 6.18. The quantitative estimate of drug-likeness (QED) is 0.373. The Morgan fingerprint density at radius 1 is 1.03 bits per heavy atom. The van der Waals surface area contributed by atoms with Gasteiger partial charge in [-0.2, -0.15) is 0 Å². The fourth-order valence-electron chi connectivity index (χ4n) is 3.29. The summed E-state index contributed by atoms with van der Waals surface area (Å²) in [6, 6.07) is 23.4. The van der Waals surface area contributed by atoms with E-state index in [-0.39, 0.29) is 18.3 Å². The Labute approximate surface area is 176 Å². The van der Waals surface area contributed by atoms with Crippen molar-refractivity contribution in [3.05, 3.63) is 89.9 Å². The lowest BCUT2D eigenvalue weighted by Crippen LogP contribution is -2.10. The Kier molecular flexibility index (Phi) is 4.69. The van der Waals surface area contributed by atoms with Gasteiger partial charge in [-0.25, -0.2) is 4.98 Å². The molecule has 0 fully saturated rings. The summed E-state index contributed by atoms with van der Waals surface area (Å²) < 4.78 is 12.5. The molecule has 5 aromatic rings. The van der Waals surface area contributed by atoms with E-state index < -0.39 is 0 Å². The highest BCUT2D eigenvalue weighted by Gasteiger charge is 2.15. The first-order valence-electron chi connectivity index (χ1n) is 9.53. The molecule has 0 bridgehead atoms. The van der Waals surface area contributed by atoms with Crippen LogP contribution in [0.15, 0.2) is 77.2 Å². The fraction of sp³-hybridized carbons (Fsp3) is 0.0833. The minimum Gasteiger partial charge on any atom is -0.486 e. The molecule has 5 rings (SSSR count). The van der Waals surface area contributed by atoms with Crippen molar-refractivity contribution < 1.29 is 13.9 Å². The van der Waals surface area contributed by atoms with Crippen LogP contribution in [0.25, 0.3) is 21.0 Å². The Bertz CT molecular complexity index is 1370. The molecule has 1 amide bonds. The van der Waals surface area contributed by atoms with Gasteiger partial charge >= 0.3 is 0 Å². The second kappa shape index (κ2) is 7.65. The van der Waals surface area contributed by atoms with Crippen molar-refractivity contribution in [3.8, 4) is 5.75 Å². The summed E-state index contributed by atoms with van der Waals surface area (Å²) in [7, 11) is 0. The van der Waals surface area contributed by atoms with Crippen LogP contribution >= 0.6 is 11.3 Å². The lowest BCUT2D eigenvalue weighted by molar-refractivity contribution is 0.0992. The van der Waals surface area contributed by atoms with Gasteiger partial charge in [-0.15, -0.1) is 0 Å². The second-order valence-electron chi connectivity index (χ2n) is 6.96. The van der Waals surface area contributed by atoms with Gasteiger partial charge in [0.25, 0.3) is 5.91 Å². The number of aryl methyl sites for hydroxylation is 1. The third-order valence-corrected chi connectivity index (χ3v) is 5.76. The van der Waals surface area contributed by atoms with E-state index in [0.29, 0.717) is 10.9 Å². The Morgan fingerprint density at radius 2 is 1.90 bits per heavy atom. The molecule has 3 aromatic carbocycles. The highest BCUT2D eigenvalue weighted by molar-refractivity contribution is 7.22. The third-order valence-electron chi connectivity index (χ3n) is 4.83. The number of benzene rings is 3. The highest BCUT2D eigenvalue weighted by Crippen LogP contribution is 2.28. The summed E-state index contributed by atoms with van der Waals surface area (Å²) in [6.45, 7) is 2.24. The molecule has 0 saturated carbocycles. The summed E-state index contributed by atoms with van der Waals surface area (Å²) in [5.74, 6) is 1.22. The maximum Gasteiger partial charge on any atom is 0.293 e. The number of furan rings is 1. The van der Waals surface area contributed by atoms with Crippen molar-refractivity contribution in [2.45, 2.75) is 13.5 Å². The van der Waals surface area contributed by atoms with Crippen LogP contribution in [0, 0.1) is 6.92 Å². The first kappa shape index (κ1) is 18.4. The molecule has 0 atom stereocenters. The number of amides is 1. The number of thiazole rings is 1. The minimum absolute atomic E-state index is 0.225. The SMILES string of the molecule is Cc1cccc2sc(NC(=O)c3ccc(COc4ccc5ccccc5c4)o3)nc12. The molecular weight excluding hydrogens is 396 g/mol. The topological polar surface area (TPSA) is 64.4 Å². The smallest absolute Gasteiger partial charge is 0.293 e.